The van der Waals surface area contributed by atoms with Gasteiger partial charge in [-0.25, -0.2) is 4.39 Å². The predicted octanol–water partition coefficient (Wildman–Crippen LogP) is 7.90. The van der Waals surface area contributed by atoms with Crippen LogP contribution in [0.2, 0.25) is 0 Å². The van der Waals surface area contributed by atoms with Crippen LogP contribution in [0, 0.1) is 11.8 Å². The molecule has 0 bridgehead atoms. The van der Waals surface area contributed by atoms with Crippen molar-refractivity contribution in [2.24, 2.45) is 17.6 Å². The zero-order valence-electron chi connectivity index (χ0n) is 18.9. The molecule has 0 saturated carbocycles. The quantitative estimate of drug-likeness (QED) is 0.475. The molecule has 152 valence electrons. The van der Waals surface area contributed by atoms with Gasteiger partial charge in [0.2, 0.25) is 0 Å². The van der Waals surface area contributed by atoms with Crippen molar-refractivity contribution < 1.29 is 4.39 Å². The van der Waals surface area contributed by atoms with Crippen LogP contribution in [0.25, 0.3) is 0 Å². The van der Waals surface area contributed by atoms with E-state index in [0.29, 0.717) is 18.3 Å². The van der Waals surface area contributed by atoms with E-state index in [9.17, 15) is 4.39 Å². The van der Waals surface area contributed by atoms with Crippen LogP contribution in [-0.4, -0.2) is 6.17 Å². The van der Waals surface area contributed by atoms with Crippen molar-refractivity contribution in [3.63, 3.8) is 0 Å². The summed E-state index contributed by atoms with van der Waals surface area (Å²) in [5, 5.41) is 0. The van der Waals surface area contributed by atoms with Crippen LogP contribution in [0.1, 0.15) is 88.0 Å². The van der Waals surface area contributed by atoms with E-state index in [4.69, 9.17) is 5.73 Å². The lowest BCUT2D eigenvalue weighted by Gasteiger charge is -2.22. The summed E-state index contributed by atoms with van der Waals surface area (Å²) >= 11 is 0. The van der Waals surface area contributed by atoms with Crippen molar-refractivity contribution in [3.8, 4) is 0 Å². The molecule has 1 rings (SSSR count). The molecule has 1 aliphatic rings. The van der Waals surface area contributed by atoms with E-state index in [-0.39, 0.29) is 0 Å². The Morgan fingerprint density at radius 1 is 1.27 bits per heavy atom. The highest BCUT2D eigenvalue weighted by Gasteiger charge is 2.15. The summed E-state index contributed by atoms with van der Waals surface area (Å²) in [6.45, 7) is 22.4. The fourth-order valence-corrected chi connectivity index (χ4v) is 2.86. The Hall–Kier alpha value is -1.31. The maximum Gasteiger partial charge on any atom is 0.121 e. The number of hydrogen-bond acceptors (Lipinski definition) is 1. The third-order valence-corrected chi connectivity index (χ3v) is 4.64. The molecule has 0 heterocycles. The Kier molecular flexibility index (Phi) is 15.3. The average molecular weight is 366 g/mol. The van der Waals surface area contributed by atoms with Crippen LogP contribution >= 0.6 is 0 Å². The van der Waals surface area contributed by atoms with Gasteiger partial charge in [0.05, 0.1) is 0 Å². The number of alkyl halides is 1. The first kappa shape index (κ1) is 26.9. The zero-order chi connectivity index (χ0) is 20.9. The van der Waals surface area contributed by atoms with E-state index in [0.717, 1.165) is 30.5 Å². The lowest BCUT2D eigenvalue weighted by Crippen LogP contribution is -2.13. The van der Waals surface area contributed by atoms with Gasteiger partial charge in [-0.3, -0.25) is 0 Å². The lowest BCUT2D eigenvalue weighted by atomic mass is 9.85. The molecule has 2 heteroatoms. The second-order valence-electron chi connectivity index (χ2n) is 7.28. The summed E-state index contributed by atoms with van der Waals surface area (Å²) in [7, 11) is 0. The number of hydrogen-bond donors (Lipinski definition) is 1. The van der Waals surface area contributed by atoms with Gasteiger partial charge in [0.25, 0.3) is 0 Å². The molecule has 1 nitrogen and oxygen atoms in total. The highest BCUT2D eigenvalue weighted by Crippen LogP contribution is 2.30. The van der Waals surface area contributed by atoms with E-state index in [1.54, 1.807) is 0 Å². The molecule has 0 aliphatic heterocycles. The maximum absolute atomic E-state index is 13.4. The van der Waals surface area contributed by atoms with Gasteiger partial charge in [0.1, 0.15) is 6.17 Å². The highest BCUT2D eigenvalue weighted by molar-refractivity contribution is 5.37. The molecule has 0 aromatic heterocycles. The van der Waals surface area contributed by atoms with Gasteiger partial charge in [-0.05, 0) is 63.5 Å². The Morgan fingerprint density at radius 3 is 2.15 bits per heavy atom. The Labute approximate surface area is 163 Å². The van der Waals surface area contributed by atoms with Crippen molar-refractivity contribution in [2.45, 2.75) is 94.2 Å². The first-order valence-electron chi connectivity index (χ1n) is 10.3. The van der Waals surface area contributed by atoms with Gasteiger partial charge >= 0.3 is 0 Å². The first-order chi connectivity index (χ1) is 12.1. The van der Waals surface area contributed by atoms with Crippen LogP contribution in [-0.2, 0) is 0 Å². The normalized spacial score (nSPS) is 18.3. The molecule has 0 spiro atoms. The van der Waals surface area contributed by atoms with Crippen LogP contribution in [0.15, 0.2) is 46.7 Å². The fourth-order valence-electron chi connectivity index (χ4n) is 2.86. The van der Waals surface area contributed by atoms with Gasteiger partial charge < -0.3 is 5.73 Å². The predicted molar refractivity (Wildman–Crippen MR) is 118 cm³/mol. The largest absolute Gasteiger partial charge is 0.402 e. The summed E-state index contributed by atoms with van der Waals surface area (Å²) in [6.07, 6.45) is 7.02. The standard InChI is InChI=1S/C11H21F.C11H17N.C2H6/c1-5-7-10(6-2)11(12)8-9(3)4;1-7-5-11(10(4)12)6-8(2)9(7)3;1-2/h7,9,11H,5-6,8H2,1-4H3;5,11H,4,6,12H2,1-3H3;1-2H3/b10-7-;;. The van der Waals surface area contributed by atoms with Crippen LogP contribution < -0.4 is 5.73 Å². The summed E-state index contributed by atoms with van der Waals surface area (Å²) in [6, 6.07) is 0. The SMILES string of the molecule is C=C(N)C1C=C(C)C(C)=C(C)C1.CC.CC/C=C(/CC)C(F)CC(C)C. The van der Waals surface area contributed by atoms with E-state index in [1.807, 2.05) is 26.8 Å². The molecule has 0 saturated heterocycles. The third-order valence-electron chi connectivity index (χ3n) is 4.64. The van der Waals surface area contributed by atoms with Crippen molar-refractivity contribution in [1.29, 1.82) is 0 Å². The summed E-state index contributed by atoms with van der Waals surface area (Å²) in [4.78, 5) is 0. The summed E-state index contributed by atoms with van der Waals surface area (Å²) in [5.41, 5.74) is 11.6. The van der Waals surface area contributed by atoms with Crippen LogP contribution in [0.5, 0.6) is 0 Å². The van der Waals surface area contributed by atoms with E-state index in [2.05, 4.69) is 54.2 Å². The molecule has 26 heavy (non-hydrogen) atoms. The Balaban J connectivity index is 0. The van der Waals surface area contributed by atoms with Gasteiger partial charge in [0.15, 0.2) is 0 Å². The second kappa shape index (κ2) is 14.8. The van der Waals surface area contributed by atoms with E-state index in [1.165, 1.54) is 16.7 Å². The van der Waals surface area contributed by atoms with Crippen molar-refractivity contribution in [2.75, 3.05) is 0 Å². The molecule has 0 fully saturated rings. The molecule has 0 radical (unpaired) electrons. The minimum Gasteiger partial charge on any atom is -0.402 e. The van der Waals surface area contributed by atoms with Crippen molar-refractivity contribution in [3.05, 3.63) is 46.7 Å². The van der Waals surface area contributed by atoms with Gasteiger partial charge in [0, 0.05) is 11.6 Å². The molecular formula is C24H44FN. The molecular weight excluding hydrogens is 321 g/mol. The number of halogens is 1. The Bertz CT molecular complexity index is 494. The monoisotopic (exact) mass is 365 g/mol. The smallest absolute Gasteiger partial charge is 0.121 e. The van der Waals surface area contributed by atoms with Crippen molar-refractivity contribution in [1.82, 2.24) is 0 Å². The van der Waals surface area contributed by atoms with Gasteiger partial charge in [-0.2, -0.15) is 0 Å². The first-order valence-corrected chi connectivity index (χ1v) is 10.3. The number of rotatable bonds is 6. The molecule has 2 atom stereocenters. The number of allylic oxidation sites excluding steroid dienone is 6. The Morgan fingerprint density at radius 2 is 1.81 bits per heavy atom. The molecule has 2 unspecified atom stereocenters. The van der Waals surface area contributed by atoms with Crippen LogP contribution in [0.3, 0.4) is 0 Å². The number of nitrogens with two attached hydrogens (primary N) is 1. The minimum absolute atomic E-state index is 0.355. The molecule has 2 N–H and O–H groups in total. The van der Waals surface area contributed by atoms with Gasteiger partial charge in [-0.15, -0.1) is 0 Å². The van der Waals surface area contributed by atoms with E-state index >= 15 is 0 Å². The lowest BCUT2D eigenvalue weighted by molar-refractivity contribution is 0.318. The van der Waals surface area contributed by atoms with Crippen molar-refractivity contribution >= 4 is 0 Å². The summed E-state index contributed by atoms with van der Waals surface area (Å²) in [5.74, 6) is 0.806. The average Bonchev–Trinajstić information content (AvgIpc) is 2.58. The zero-order valence-corrected chi connectivity index (χ0v) is 18.9. The molecule has 0 aromatic rings. The topological polar surface area (TPSA) is 26.0 Å². The van der Waals surface area contributed by atoms with Crippen LogP contribution in [0.4, 0.5) is 4.39 Å². The van der Waals surface area contributed by atoms with E-state index < -0.39 is 6.17 Å². The molecule has 0 amide bonds. The van der Waals surface area contributed by atoms with Gasteiger partial charge in [-0.1, -0.05) is 71.4 Å². The fraction of sp³-hybridized carbons (Fsp3) is 0.667. The second-order valence-corrected chi connectivity index (χ2v) is 7.28. The summed E-state index contributed by atoms with van der Waals surface area (Å²) < 4.78 is 13.4. The highest BCUT2D eigenvalue weighted by atomic mass is 19.1. The third kappa shape index (κ3) is 10.6. The minimum atomic E-state index is -0.713. The molecule has 1 aliphatic carbocycles. The maximum atomic E-state index is 13.4. The molecule has 0 aromatic carbocycles.